The predicted octanol–water partition coefficient (Wildman–Crippen LogP) is 1.69. The predicted molar refractivity (Wildman–Crippen MR) is 108 cm³/mol. The van der Waals surface area contributed by atoms with Crippen molar-refractivity contribution < 1.29 is 4.79 Å². The molecule has 1 amide bonds. The van der Waals surface area contributed by atoms with Gasteiger partial charge in [-0.2, -0.15) is 5.10 Å². The zero-order chi connectivity index (χ0) is 19.5. The summed E-state index contributed by atoms with van der Waals surface area (Å²) in [6.07, 6.45) is 5.12. The molecule has 3 heterocycles. The highest BCUT2D eigenvalue weighted by atomic mass is 16.2. The Morgan fingerprint density at radius 1 is 1.00 bits per heavy atom. The van der Waals surface area contributed by atoms with E-state index >= 15 is 0 Å². The monoisotopic (exact) mass is 377 g/mol. The number of hydrogen-bond donors (Lipinski definition) is 0. The average molecular weight is 377 g/mol. The molecule has 8 nitrogen and oxygen atoms in total. The Balaban J connectivity index is 1.43. The molecule has 0 aliphatic carbocycles. The molecule has 0 saturated carbocycles. The van der Waals surface area contributed by atoms with Gasteiger partial charge in [-0.3, -0.25) is 4.79 Å². The largest absolute Gasteiger partial charge is 0.378 e. The summed E-state index contributed by atoms with van der Waals surface area (Å²) in [7, 11) is 3.95. The fourth-order valence-electron chi connectivity index (χ4n) is 3.28. The van der Waals surface area contributed by atoms with E-state index in [2.05, 4.69) is 20.0 Å². The molecule has 2 aromatic heterocycles. The van der Waals surface area contributed by atoms with E-state index in [0.29, 0.717) is 13.1 Å². The summed E-state index contributed by atoms with van der Waals surface area (Å²) in [5, 5.41) is 4.21. The molecule has 3 aromatic rings. The first-order chi connectivity index (χ1) is 13.6. The lowest BCUT2D eigenvalue weighted by atomic mass is 10.1. The highest BCUT2D eigenvalue weighted by Gasteiger charge is 2.23. The Kier molecular flexibility index (Phi) is 4.92. The molecule has 1 aliphatic rings. The molecule has 1 fully saturated rings. The zero-order valence-electron chi connectivity index (χ0n) is 16.1. The van der Waals surface area contributed by atoms with Gasteiger partial charge in [-0.1, -0.05) is 6.07 Å². The third-order valence-electron chi connectivity index (χ3n) is 4.88. The van der Waals surface area contributed by atoms with Gasteiger partial charge >= 0.3 is 0 Å². The van der Waals surface area contributed by atoms with Gasteiger partial charge in [-0.05, 0) is 24.3 Å². The van der Waals surface area contributed by atoms with Crippen molar-refractivity contribution in [2.24, 2.45) is 0 Å². The van der Waals surface area contributed by atoms with Gasteiger partial charge in [0.05, 0.1) is 0 Å². The quantitative estimate of drug-likeness (QED) is 0.689. The van der Waals surface area contributed by atoms with E-state index in [4.69, 9.17) is 0 Å². The molecule has 0 atom stereocenters. The van der Waals surface area contributed by atoms with Crippen LogP contribution in [0.2, 0.25) is 0 Å². The van der Waals surface area contributed by atoms with Crippen molar-refractivity contribution in [3.63, 3.8) is 0 Å². The molecule has 8 heteroatoms. The van der Waals surface area contributed by atoms with E-state index in [9.17, 15) is 4.79 Å². The number of carbonyl (C=O) groups excluding carboxylic acids is 1. The molecule has 1 aliphatic heterocycles. The minimum Gasteiger partial charge on any atom is -0.378 e. The van der Waals surface area contributed by atoms with Gasteiger partial charge in [0.15, 0.2) is 5.82 Å². The first-order valence-electron chi connectivity index (χ1n) is 9.25. The Morgan fingerprint density at radius 2 is 1.79 bits per heavy atom. The van der Waals surface area contributed by atoms with Crippen molar-refractivity contribution in [2.75, 3.05) is 50.1 Å². The van der Waals surface area contributed by atoms with Crippen LogP contribution in [0.3, 0.4) is 0 Å². The van der Waals surface area contributed by atoms with Crippen LogP contribution in [0.15, 0.2) is 55.1 Å². The first-order valence-corrected chi connectivity index (χ1v) is 9.25. The van der Waals surface area contributed by atoms with Crippen LogP contribution in [0, 0.1) is 0 Å². The maximum absolute atomic E-state index is 12.9. The number of aromatic nitrogens is 4. The summed E-state index contributed by atoms with van der Waals surface area (Å²) in [5.74, 6) is 1.65. The summed E-state index contributed by atoms with van der Waals surface area (Å²) in [6.45, 7) is 2.78. The Bertz CT molecular complexity index is 947. The molecular weight excluding hydrogens is 354 g/mol. The second-order valence-corrected chi connectivity index (χ2v) is 6.91. The maximum atomic E-state index is 12.9. The molecular formula is C20H23N7O. The normalized spacial score (nSPS) is 14.2. The van der Waals surface area contributed by atoms with Gasteiger partial charge in [0.25, 0.3) is 5.91 Å². The molecule has 28 heavy (non-hydrogen) atoms. The first kappa shape index (κ1) is 18.0. The number of nitrogens with zero attached hydrogens (tertiary/aromatic N) is 7. The van der Waals surface area contributed by atoms with Crippen molar-refractivity contribution in [2.45, 2.75) is 0 Å². The summed E-state index contributed by atoms with van der Waals surface area (Å²) in [4.78, 5) is 27.6. The fourth-order valence-corrected chi connectivity index (χ4v) is 3.28. The molecule has 0 bridgehead atoms. The minimum atomic E-state index is 0.0725. The van der Waals surface area contributed by atoms with E-state index in [1.54, 1.807) is 17.2 Å². The molecule has 1 saturated heterocycles. The van der Waals surface area contributed by atoms with Crippen LogP contribution in [-0.2, 0) is 0 Å². The van der Waals surface area contributed by atoms with Crippen LogP contribution in [0.4, 0.5) is 11.5 Å². The standard InChI is InChI=1S/C20H23N7O/c1-24(2)17-6-3-5-16(13-17)20(28)26-11-9-25(10-12-26)18-14-19(22-15-21-18)27-8-4-7-23-27/h3-8,13-15H,9-12H2,1-2H3. The average Bonchev–Trinajstić information content (AvgIpc) is 3.28. The number of benzene rings is 1. The zero-order valence-corrected chi connectivity index (χ0v) is 16.1. The van der Waals surface area contributed by atoms with E-state index in [-0.39, 0.29) is 5.91 Å². The van der Waals surface area contributed by atoms with E-state index in [1.165, 1.54) is 0 Å². The van der Waals surface area contributed by atoms with Crippen molar-refractivity contribution in [1.82, 2.24) is 24.6 Å². The van der Waals surface area contributed by atoms with E-state index in [1.807, 2.05) is 66.5 Å². The van der Waals surface area contributed by atoms with Crippen molar-refractivity contribution >= 4 is 17.4 Å². The van der Waals surface area contributed by atoms with Gasteiger partial charge in [0, 0.05) is 70.0 Å². The number of rotatable bonds is 4. The summed E-state index contributed by atoms with van der Waals surface area (Å²) < 4.78 is 1.71. The number of amides is 1. The Morgan fingerprint density at radius 3 is 2.50 bits per heavy atom. The number of hydrogen-bond acceptors (Lipinski definition) is 6. The van der Waals surface area contributed by atoms with Gasteiger partial charge in [-0.15, -0.1) is 0 Å². The van der Waals surface area contributed by atoms with Crippen molar-refractivity contribution in [3.05, 3.63) is 60.7 Å². The maximum Gasteiger partial charge on any atom is 0.254 e. The van der Waals surface area contributed by atoms with Crippen LogP contribution in [0.1, 0.15) is 10.4 Å². The van der Waals surface area contributed by atoms with Crippen LogP contribution in [0.25, 0.3) is 5.82 Å². The fraction of sp³-hybridized carbons (Fsp3) is 0.300. The molecule has 0 spiro atoms. The van der Waals surface area contributed by atoms with Crippen molar-refractivity contribution in [3.8, 4) is 5.82 Å². The smallest absolute Gasteiger partial charge is 0.254 e. The Hall–Kier alpha value is -3.42. The number of anilines is 2. The van der Waals surface area contributed by atoms with Gasteiger partial charge < -0.3 is 14.7 Å². The van der Waals surface area contributed by atoms with Gasteiger partial charge in [0.1, 0.15) is 12.1 Å². The molecule has 0 N–H and O–H groups in total. The molecule has 144 valence electrons. The topological polar surface area (TPSA) is 70.4 Å². The van der Waals surface area contributed by atoms with E-state index < -0.39 is 0 Å². The van der Waals surface area contributed by atoms with Crippen LogP contribution in [-0.4, -0.2) is 70.8 Å². The van der Waals surface area contributed by atoms with Gasteiger partial charge in [-0.25, -0.2) is 14.6 Å². The lowest BCUT2D eigenvalue weighted by molar-refractivity contribution is 0.0746. The SMILES string of the molecule is CN(C)c1cccc(C(=O)N2CCN(c3cc(-n4cccn4)ncn3)CC2)c1. The van der Waals surface area contributed by atoms with Crippen LogP contribution >= 0.6 is 0 Å². The van der Waals surface area contributed by atoms with Gasteiger partial charge in [0.2, 0.25) is 0 Å². The highest BCUT2D eigenvalue weighted by molar-refractivity contribution is 5.95. The van der Waals surface area contributed by atoms with Crippen molar-refractivity contribution in [1.29, 1.82) is 0 Å². The molecule has 0 unspecified atom stereocenters. The van der Waals surface area contributed by atoms with E-state index in [0.717, 1.165) is 36.0 Å². The lowest BCUT2D eigenvalue weighted by Crippen LogP contribution is -2.49. The highest BCUT2D eigenvalue weighted by Crippen LogP contribution is 2.19. The third kappa shape index (κ3) is 3.66. The molecule has 4 rings (SSSR count). The minimum absolute atomic E-state index is 0.0725. The summed E-state index contributed by atoms with van der Waals surface area (Å²) in [6, 6.07) is 11.5. The second kappa shape index (κ2) is 7.67. The third-order valence-corrected chi connectivity index (χ3v) is 4.88. The number of piperazine rings is 1. The summed E-state index contributed by atoms with van der Waals surface area (Å²) >= 11 is 0. The Labute approximate surface area is 164 Å². The summed E-state index contributed by atoms with van der Waals surface area (Å²) in [5.41, 5.74) is 1.75. The van der Waals surface area contributed by atoms with Crippen LogP contribution in [0.5, 0.6) is 0 Å². The second-order valence-electron chi connectivity index (χ2n) is 6.91. The molecule has 1 aromatic carbocycles. The molecule has 0 radical (unpaired) electrons. The number of carbonyl (C=O) groups is 1. The van der Waals surface area contributed by atoms with Crippen LogP contribution < -0.4 is 9.80 Å². The lowest BCUT2D eigenvalue weighted by Gasteiger charge is -2.35.